The molecule has 0 spiro atoms. The van der Waals surface area contributed by atoms with Crippen LogP contribution in [0.4, 0.5) is 0 Å². The first-order chi connectivity index (χ1) is 7.34. The highest BCUT2D eigenvalue weighted by Crippen LogP contribution is 2.17. The summed E-state index contributed by atoms with van der Waals surface area (Å²) < 4.78 is 4.64. The monoisotopic (exact) mass is 240 g/mol. The molecule has 2 rings (SSSR count). The highest BCUT2D eigenvalue weighted by molar-refractivity contribution is 7.97. The lowest BCUT2D eigenvalue weighted by atomic mass is 10.2. The summed E-state index contributed by atoms with van der Waals surface area (Å²) in [6.07, 6.45) is 1.35. The number of thioether (sulfide) groups is 1. The number of nitrogens with zero attached hydrogens (tertiary/aromatic N) is 2. The first-order valence-electron chi connectivity index (χ1n) is 4.42. The van der Waals surface area contributed by atoms with Crippen LogP contribution in [0.15, 0.2) is 35.2 Å². The van der Waals surface area contributed by atoms with E-state index in [0.29, 0.717) is 0 Å². The molecule has 1 aromatic heterocycles. The van der Waals surface area contributed by atoms with E-state index in [1.165, 1.54) is 12.0 Å². The Hall–Kier alpha value is -1.00. The molecule has 0 amide bonds. The average Bonchev–Trinajstić information content (AvgIpc) is 2.74. The quantitative estimate of drug-likeness (QED) is 0.823. The molecule has 0 radical (unpaired) electrons. The molecule has 0 fully saturated rings. The van der Waals surface area contributed by atoms with E-state index in [4.69, 9.17) is 11.6 Å². The van der Waals surface area contributed by atoms with E-state index < -0.39 is 0 Å². The number of hydrogen-bond acceptors (Lipinski definition) is 4. The van der Waals surface area contributed by atoms with Crippen LogP contribution in [-0.2, 0) is 11.5 Å². The molecular formula is C10H9ClN2OS. The summed E-state index contributed by atoms with van der Waals surface area (Å²) in [6.45, 7) is 0. The van der Waals surface area contributed by atoms with Crippen molar-refractivity contribution in [2.75, 3.05) is 0 Å². The van der Waals surface area contributed by atoms with E-state index in [-0.39, 0.29) is 0 Å². The largest absolute Gasteiger partial charge is 0.343 e. The van der Waals surface area contributed by atoms with E-state index >= 15 is 0 Å². The third kappa shape index (κ3) is 3.25. The summed E-state index contributed by atoms with van der Waals surface area (Å²) in [5.41, 5.74) is 1.24. The van der Waals surface area contributed by atoms with Crippen molar-refractivity contribution >= 4 is 23.4 Å². The Labute approximate surface area is 96.8 Å². The van der Waals surface area contributed by atoms with Crippen molar-refractivity contribution in [1.29, 1.82) is 0 Å². The Morgan fingerprint density at radius 3 is 2.67 bits per heavy atom. The molecule has 0 aliphatic carbocycles. The fourth-order valence-electron chi connectivity index (χ4n) is 1.10. The van der Waals surface area contributed by atoms with Gasteiger partial charge in [-0.1, -0.05) is 28.9 Å². The van der Waals surface area contributed by atoms with Gasteiger partial charge in [0.2, 0.25) is 6.39 Å². The zero-order valence-electron chi connectivity index (χ0n) is 7.89. The molecular weight excluding hydrogens is 232 g/mol. The van der Waals surface area contributed by atoms with E-state index in [9.17, 15) is 0 Å². The molecule has 1 heterocycles. The van der Waals surface area contributed by atoms with Crippen molar-refractivity contribution < 1.29 is 4.52 Å². The standard InChI is InChI=1S/C10H9ClN2OS/c11-9-3-1-8(2-4-9)5-15-6-10-12-7-14-13-10/h1-4,7H,5-6H2. The van der Waals surface area contributed by atoms with Crippen LogP contribution in [0.25, 0.3) is 0 Å². The summed E-state index contributed by atoms with van der Waals surface area (Å²) >= 11 is 7.53. The Balaban J connectivity index is 1.81. The Kier molecular flexibility index (Phi) is 3.64. The van der Waals surface area contributed by atoms with Crippen molar-refractivity contribution in [2.45, 2.75) is 11.5 Å². The van der Waals surface area contributed by atoms with Crippen LogP contribution in [-0.4, -0.2) is 10.1 Å². The maximum absolute atomic E-state index is 5.79. The normalized spacial score (nSPS) is 10.5. The summed E-state index contributed by atoms with van der Waals surface area (Å²) in [5, 5.41) is 4.50. The van der Waals surface area contributed by atoms with E-state index in [0.717, 1.165) is 22.4 Å². The summed E-state index contributed by atoms with van der Waals surface area (Å²) in [5.74, 6) is 2.42. The van der Waals surface area contributed by atoms with Gasteiger partial charge in [0.1, 0.15) is 0 Å². The third-order valence-electron chi connectivity index (χ3n) is 1.82. The fourth-order valence-corrected chi connectivity index (χ4v) is 2.06. The van der Waals surface area contributed by atoms with Gasteiger partial charge < -0.3 is 4.52 Å². The minimum atomic E-state index is 0.731. The van der Waals surface area contributed by atoms with Gasteiger partial charge in [0.05, 0.1) is 5.75 Å². The SMILES string of the molecule is Clc1ccc(CSCc2ncon2)cc1. The molecule has 5 heteroatoms. The van der Waals surface area contributed by atoms with Crippen molar-refractivity contribution in [3.63, 3.8) is 0 Å². The van der Waals surface area contributed by atoms with Crippen molar-refractivity contribution in [1.82, 2.24) is 10.1 Å². The summed E-state index contributed by atoms with van der Waals surface area (Å²) in [4.78, 5) is 3.94. The van der Waals surface area contributed by atoms with Gasteiger partial charge in [-0.25, -0.2) is 0 Å². The topological polar surface area (TPSA) is 38.9 Å². The second-order valence-electron chi connectivity index (χ2n) is 2.97. The molecule has 0 saturated heterocycles. The first-order valence-corrected chi connectivity index (χ1v) is 5.95. The van der Waals surface area contributed by atoms with E-state index in [1.807, 2.05) is 24.3 Å². The molecule has 1 aromatic carbocycles. The highest BCUT2D eigenvalue weighted by atomic mass is 35.5. The van der Waals surface area contributed by atoms with Crippen molar-refractivity contribution in [3.8, 4) is 0 Å². The van der Waals surface area contributed by atoms with Crippen LogP contribution < -0.4 is 0 Å². The zero-order chi connectivity index (χ0) is 10.5. The minimum Gasteiger partial charge on any atom is -0.343 e. The lowest BCUT2D eigenvalue weighted by molar-refractivity contribution is 0.412. The second-order valence-corrected chi connectivity index (χ2v) is 4.39. The van der Waals surface area contributed by atoms with Gasteiger partial charge in [0.15, 0.2) is 5.82 Å². The molecule has 0 aliphatic heterocycles. The molecule has 0 bridgehead atoms. The van der Waals surface area contributed by atoms with Crippen LogP contribution >= 0.6 is 23.4 Å². The Morgan fingerprint density at radius 1 is 1.20 bits per heavy atom. The van der Waals surface area contributed by atoms with Gasteiger partial charge in [-0.2, -0.15) is 4.98 Å². The van der Waals surface area contributed by atoms with Crippen LogP contribution in [0.5, 0.6) is 0 Å². The molecule has 3 nitrogen and oxygen atoms in total. The molecule has 2 aromatic rings. The van der Waals surface area contributed by atoms with Gasteiger partial charge in [-0.3, -0.25) is 0 Å². The summed E-state index contributed by atoms with van der Waals surface area (Å²) in [7, 11) is 0. The second kappa shape index (κ2) is 5.19. The maximum atomic E-state index is 5.79. The lowest BCUT2D eigenvalue weighted by Crippen LogP contribution is -1.85. The molecule has 0 N–H and O–H groups in total. The molecule has 0 aliphatic rings. The molecule has 0 saturated carbocycles. The maximum Gasteiger partial charge on any atom is 0.213 e. The lowest BCUT2D eigenvalue weighted by Gasteiger charge is -1.99. The number of benzene rings is 1. The minimum absolute atomic E-state index is 0.731. The number of rotatable bonds is 4. The first kappa shape index (κ1) is 10.5. The predicted octanol–water partition coefficient (Wildman–Crippen LogP) is 3.16. The number of hydrogen-bond donors (Lipinski definition) is 0. The van der Waals surface area contributed by atoms with Gasteiger partial charge in [-0.05, 0) is 17.7 Å². The number of aromatic nitrogens is 2. The molecule has 15 heavy (non-hydrogen) atoms. The zero-order valence-corrected chi connectivity index (χ0v) is 9.46. The van der Waals surface area contributed by atoms with Crippen LogP contribution in [0.2, 0.25) is 5.02 Å². The van der Waals surface area contributed by atoms with Crippen LogP contribution in [0.1, 0.15) is 11.4 Å². The van der Waals surface area contributed by atoms with E-state index in [1.54, 1.807) is 11.8 Å². The predicted molar refractivity (Wildman–Crippen MR) is 60.7 cm³/mol. The van der Waals surface area contributed by atoms with Crippen molar-refractivity contribution in [2.24, 2.45) is 0 Å². The van der Waals surface area contributed by atoms with Gasteiger partial charge in [0, 0.05) is 10.8 Å². The van der Waals surface area contributed by atoms with Crippen LogP contribution in [0, 0.1) is 0 Å². The van der Waals surface area contributed by atoms with Crippen LogP contribution in [0.3, 0.4) is 0 Å². The molecule has 0 unspecified atom stereocenters. The van der Waals surface area contributed by atoms with Gasteiger partial charge in [-0.15, -0.1) is 11.8 Å². The fraction of sp³-hybridized carbons (Fsp3) is 0.200. The Morgan fingerprint density at radius 2 is 2.00 bits per heavy atom. The Bertz CT molecular complexity index is 402. The average molecular weight is 241 g/mol. The van der Waals surface area contributed by atoms with Gasteiger partial charge in [0.25, 0.3) is 0 Å². The third-order valence-corrected chi connectivity index (χ3v) is 3.07. The van der Waals surface area contributed by atoms with Crippen molar-refractivity contribution in [3.05, 3.63) is 47.1 Å². The molecule has 78 valence electrons. The summed E-state index contributed by atoms with van der Waals surface area (Å²) in [6, 6.07) is 7.83. The smallest absolute Gasteiger partial charge is 0.213 e. The number of halogens is 1. The highest BCUT2D eigenvalue weighted by Gasteiger charge is 1.99. The molecule has 0 atom stereocenters. The van der Waals surface area contributed by atoms with E-state index in [2.05, 4.69) is 14.7 Å². The van der Waals surface area contributed by atoms with Gasteiger partial charge >= 0.3 is 0 Å².